The highest BCUT2D eigenvalue weighted by Crippen LogP contribution is 2.16. The van der Waals surface area contributed by atoms with Crippen LogP contribution in [-0.4, -0.2) is 42.3 Å². The van der Waals surface area contributed by atoms with Gasteiger partial charge in [0.1, 0.15) is 5.82 Å². The summed E-state index contributed by atoms with van der Waals surface area (Å²) in [6.07, 6.45) is 1.23. The number of likely N-dealkylation sites (N-methyl/N-ethyl adjacent to an activating group) is 1. The third-order valence-corrected chi connectivity index (χ3v) is 3.65. The Morgan fingerprint density at radius 1 is 1.55 bits per heavy atom. The standard InChI is InChI=1S/C14H20BrFN2O2/c1-10(9-19)18(2)14(20)17-7-3-4-11-5-6-12(15)8-13(11)16/h5-6,8,10,19H,3-4,7,9H2,1-2H3,(H,17,20)/t10-/m1/s1. The number of amides is 2. The average Bonchev–Trinajstić information content (AvgIpc) is 2.43. The first-order chi connectivity index (χ1) is 9.45. The molecule has 0 heterocycles. The normalized spacial score (nSPS) is 12.1. The van der Waals surface area contributed by atoms with Crippen LogP contribution in [0.2, 0.25) is 0 Å². The lowest BCUT2D eigenvalue weighted by Gasteiger charge is -2.23. The molecule has 2 amide bonds. The van der Waals surface area contributed by atoms with Gasteiger partial charge >= 0.3 is 6.03 Å². The summed E-state index contributed by atoms with van der Waals surface area (Å²) in [5.74, 6) is -0.239. The fraction of sp³-hybridized carbons (Fsp3) is 0.500. The third kappa shape index (κ3) is 5.09. The van der Waals surface area contributed by atoms with E-state index in [1.165, 1.54) is 11.0 Å². The second-order valence-corrected chi connectivity index (χ2v) is 5.63. The predicted octanol–water partition coefficient (Wildman–Crippen LogP) is 2.54. The Bertz CT molecular complexity index is 457. The quantitative estimate of drug-likeness (QED) is 0.777. The van der Waals surface area contributed by atoms with Crippen molar-refractivity contribution < 1.29 is 14.3 Å². The molecule has 0 aromatic heterocycles. The molecule has 6 heteroatoms. The first kappa shape index (κ1) is 16.9. The molecule has 0 radical (unpaired) electrons. The minimum absolute atomic E-state index is 0.0754. The monoisotopic (exact) mass is 346 g/mol. The van der Waals surface area contributed by atoms with Gasteiger partial charge in [0.25, 0.3) is 0 Å². The van der Waals surface area contributed by atoms with Crippen molar-refractivity contribution in [2.45, 2.75) is 25.8 Å². The average molecular weight is 347 g/mol. The maximum atomic E-state index is 13.6. The zero-order chi connectivity index (χ0) is 15.1. The molecule has 0 aliphatic rings. The van der Waals surface area contributed by atoms with E-state index in [-0.39, 0.29) is 24.5 Å². The Kier molecular flexibility index (Phi) is 6.95. The van der Waals surface area contributed by atoms with Crippen LogP contribution < -0.4 is 5.32 Å². The van der Waals surface area contributed by atoms with Crippen molar-refractivity contribution in [1.82, 2.24) is 10.2 Å². The van der Waals surface area contributed by atoms with E-state index in [2.05, 4.69) is 21.2 Å². The predicted molar refractivity (Wildman–Crippen MR) is 80.1 cm³/mol. The molecule has 0 saturated carbocycles. The molecule has 0 saturated heterocycles. The van der Waals surface area contributed by atoms with Crippen LogP contribution >= 0.6 is 15.9 Å². The van der Waals surface area contributed by atoms with Crippen LogP contribution in [0.4, 0.5) is 9.18 Å². The number of benzene rings is 1. The summed E-state index contributed by atoms with van der Waals surface area (Å²) in [7, 11) is 1.63. The van der Waals surface area contributed by atoms with Gasteiger partial charge in [0.2, 0.25) is 0 Å². The second kappa shape index (κ2) is 8.21. The number of carbonyl (C=O) groups excluding carboxylic acids is 1. The van der Waals surface area contributed by atoms with Crippen LogP contribution in [0, 0.1) is 5.82 Å². The zero-order valence-corrected chi connectivity index (χ0v) is 13.3. The lowest BCUT2D eigenvalue weighted by molar-refractivity contribution is 0.157. The minimum atomic E-state index is -0.239. The van der Waals surface area contributed by atoms with Crippen molar-refractivity contribution in [3.8, 4) is 0 Å². The number of nitrogens with one attached hydrogen (secondary N) is 1. The number of hydrogen-bond acceptors (Lipinski definition) is 2. The summed E-state index contributed by atoms with van der Waals surface area (Å²) in [5.41, 5.74) is 0.638. The lowest BCUT2D eigenvalue weighted by Crippen LogP contribution is -2.44. The fourth-order valence-electron chi connectivity index (χ4n) is 1.65. The zero-order valence-electron chi connectivity index (χ0n) is 11.7. The maximum Gasteiger partial charge on any atom is 0.317 e. The molecule has 0 aliphatic carbocycles. The van der Waals surface area contributed by atoms with Crippen molar-refractivity contribution in [2.75, 3.05) is 20.2 Å². The highest BCUT2D eigenvalue weighted by molar-refractivity contribution is 9.10. The highest BCUT2D eigenvalue weighted by Gasteiger charge is 2.13. The summed E-state index contributed by atoms with van der Waals surface area (Å²) >= 11 is 3.21. The molecule has 112 valence electrons. The van der Waals surface area contributed by atoms with E-state index < -0.39 is 0 Å². The number of hydrogen-bond donors (Lipinski definition) is 2. The Morgan fingerprint density at radius 2 is 2.25 bits per heavy atom. The van der Waals surface area contributed by atoms with Gasteiger partial charge in [-0.25, -0.2) is 9.18 Å². The molecule has 1 atom stereocenters. The lowest BCUT2D eigenvalue weighted by atomic mass is 10.1. The smallest absolute Gasteiger partial charge is 0.317 e. The Morgan fingerprint density at radius 3 is 2.85 bits per heavy atom. The number of carbonyl (C=O) groups is 1. The number of halogens is 2. The summed E-state index contributed by atoms with van der Waals surface area (Å²) in [6.45, 7) is 2.15. The molecule has 2 N–H and O–H groups in total. The minimum Gasteiger partial charge on any atom is -0.394 e. The van der Waals surface area contributed by atoms with Gasteiger partial charge in [-0.15, -0.1) is 0 Å². The summed E-state index contributed by atoms with van der Waals surface area (Å²) in [4.78, 5) is 13.1. The first-order valence-corrected chi connectivity index (χ1v) is 7.30. The van der Waals surface area contributed by atoms with Crippen LogP contribution in [0.3, 0.4) is 0 Å². The largest absolute Gasteiger partial charge is 0.394 e. The van der Waals surface area contributed by atoms with Crippen molar-refractivity contribution in [3.63, 3.8) is 0 Å². The Hall–Kier alpha value is -1.14. The van der Waals surface area contributed by atoms with E-state index in [0.717, 1.165) is 0 Å². The van der Waals surface area contributed by atoms with E-state index in [4.69, 9.17) is 5.11 Å². The van der Waals surface area contributed by atoms with Crippen molar-refractivity contribution in [1.29, 1.82) is 0 Å². The summed E-state index contributed by atoms with van der Waals surface area (Å²) in [5, 5.41) is 11.7. The fourth-order valence-corrected chi connectivity index (χ4v) is 1.98. The summed E-state index contributed by atoms with van der Waals surface area (Å²) < 4.78 is 14.3. The van der Waals surface area contributed by atoms with Gasteiger partial charge in [-0.05, 0) is 37.5 Å². The molecule has 1 rings (SSSR count). The van der Waals surface area contributed by atoms with Crippen LogP contribution in [0.25, 0.3) is 0 Å². The molecule has 0 aliphatic heterocycles. The first-order valence-electron chi connectivity index (χ1n) is 6.51. The van der Waals surface area contributed by atoms with Gasteiger partial charge in [-0.3, -0.25) is 0 Å². The molecular weight excluding hydrogens is 327 g/mol. The van der Waals surface area contributed by atoms with Gasteiger partial charge in [0, 0.05) is 18.1 Å². The number of nitrogens with zero attached hydrogens (tertiary/aromatic N) is 1. The molecule has 1 aromatic rings. The van der Waals surface area contributed by atoms with Crippen molar-refractivity contribution >= 4 is 22.0 Å². The molecule has 0 bridgehead atoms. The molecule has 20 heavy (non-hydrogen) atoms. The second-order valence-electron chi connectivity index (χ2n) is 4.71. The molecule has 1 aromatic carbocycles. The molecule has 0 unspecified atom stereocenters. The van der Waals surface area contributed by atoms with E-state index >= 15 is 0 Å². The van der Waals surface area contributed by atoms with Crippen molar-refractivity contribution in [2.24, 2.45) is 0 Å². The van der Waals surface area contributed by atoms with Gasteiger partial charge in [0.05, 0.1) is 12.6 Å². The molecule has 0 fully saturated rings. The van der Waals surface area contributed by atoms with Gasteiger partial charge in [-0.2, -0.15) is 0 Å². The highest BCUT2D eigenvalue weighted by atomic mass is 79.9. The van der Waals surface area contributed by atoms with E-state index in [9.17, 15) is 9.18 Å². The molecule has 4 nitrogen and oxygen atoms in total. The number of urea groups is 1. The van der Waals surface area contributed by atoms with E-state index in [1.54, 1.807) is 26.1 Å². The number of rotatable bonds is 6. The van der Waals surface area contributed by atoms with E-state index in [0.29, 0.717) is 29.4 Å². The summed E-state index contributed by atoms with van der Waals surface area (Å²) in [6, 6.07) is 4.52. The Balaban J connectivity index is 2.33. The van der Waals surface area contributed by atoms with Crippen LogP contribution in [-0.2, 0) is 6.42 Å². The number of aryl methyl sites for hydroxylation is 1. The SMILES string of the molecule is C[C@H](CO)N(C)C(=O)NCCCc1ccc(Br)cc1F. The topological polar surface area (TPSA) is 52.6 Å². The van der Waals surface area contributed by atoms with Crippen LogP contribution in [0.15, 0.2) is 22.7 Å². The van der Waals surface area contributed by atoms with E-state index in [1.807, 2.05) is 0 Å². The van der Waals surface area contributed by atoms with Crippen LogP contribution in [0.5, 0.6) is 0 Å². The third-order valence-electron chi connectivity index (χ3n) is 3.16. The molecular formula is C14H20BrFN2O2. The maximum absolute atomic E-state index is 13.6. The van der Waals surface area contributed by atoms with Crippen molar-refractivity contribution in [3.05, 3.63) is 34.1 Å². The Labute approximate surface area is 127 Å². The number of aliphatic hydroxyl groups excluding tert-OH is 1. The van der Waals surface area contributed by atoms with Gasteiger partial charge in [0.15, 0.2) is 0 Å². The van der Waals surface area contributed by atoms with Crippen LogP contribution in [0.1, 0.15) is 18.9 Å². The molecule has 0 spiro atoms. The van der Waals surface area contributed by atoms with Gasteiger partial charge in [-0.1, -0.05) is 22.0 Å². The van der Waals surface area contributed by atoms with Gasteiger partial charge < -0.3 is 15.3 Å². The number of aliphatic hydroxyl groups is 1.